The molecule has 4 rings (SSSR count). The van der Waals surface area contributed by atoms with E-state index in [1.165, 1.54) is 23.5 Å². The van der Waals surface area contributed by atoms with Crippen LogP contribution in [0.25, 0.3) is 17.2 Å². The molecule has 1 fully saturated rings. The van der Waals surface area contributed by atoms with E-state index in [1.54, 1.807) is 17.5 Å². The van der Waals surface area contributed by atoms with E-state index in [1.807, 2.05) is 0 Å². The van der Waals surface area contributed by atoms with Gasteiger partial charge in [0.1, 0.15) is 15.6 Å². The van der Waals surface area contributed by atoms with E-state index in [-0.39, 0.29) is 20.5 Å². The highest BCUT2D eigenvalue weighted by Gasteiger charge is 2.35. The molecule has 190 valence electrons. The molecule has 0 bridgehead atoms. The van der Waals surface area contributed by atoms with E-state index >= 15 is 0 Å². The third-order valence-electron chi connectivity index (χ3n) is 5.17. The highest BCUT2D eigenvalue weighted by atomic mass is 32.2. The number of rotatable bonds is 7. The fourth-order valence-electron chi connectivity index (χ4n) is 3.31. The molecular formula is C24H16F2N2O6S3. The quantitative estimate of drug-likeness (QED) is 0.248. The number of carbonyl (C=O) groups excluding carboxylic acids is 2. The molecule has 37 heavy (non-hydrogen) atoms. The van der Waals surface area contributed by atoms with Gasteiger partial charge in [-0.3, -0.25) is 14.5 Å². The molecule has 0 aliphatic carbocycles. The molecule has 0 unspecified atom stereocenters. The number of phenols is 1. The summed E-state index contributed by atoms with van der Waals surface area (Å²) < 4.78 is 26.9. The summed E-state index contributed by atoms with van der Waals surface area (Å²) in [5.74, 6) is -5.25. The second kappa shape index (κ2) is 10.8. The zero-order chi connectivity index (χ0) is 26.9. The average Bonchev–Trinajstić information content (AvgIpc) is 3.41. The number of hydrogen-bond acceptors (Lipinski definition) is 8. The van der Waals surface area contributed by atoms with Crippen molar-refractivity contribution in [3.63, 3.8) is 0 Å². The zero-order valence-corrected chi connectivity index (χ0v) is 20.9. The van der Waals surface area contributed by atoms with Crippen LogP contribution in [0.15, 0.2) is 52.7 Å². The summed E-state index contributed by atoms with van der Waals surface area (Å²) in [6, 6.07) is 8.61. The monoisotopic (exact) mass is 562 g/mol. The van der Waals surface area contributed by atoms with E-state index in [0.717, 1.165) is 40.9 Å². The molecular weight excluding hydrogens is 546 g/mol. The number of thiophene rings is 1. The number of anilines is 1. The molecule has 1 aromatic heterocycles. The fraction of sp³-hybridized carbons (Fsp3) is 0.0833. The molecule has 1 atom stereocenters. The number of carboxylic acids is 1. The van der Waals surface area contributed by atoms with Gasteiger partial charge in [0.05, 0.1) is 11.4 Å². The van der Waals surface area contributed by atoms with Crippen LogP contribution in [0.1, 0.15) is 15.2 Å². The number of thioether (sulfide) groups is 1. The second-order valence-corrected chi connectivity index (χ2v) is 10.3. The number of thiocarbonyl (C=S) groups is 1. The lowest BCUT2D eigenvalue weighted by Gasteiger charge is -2.18. The lowest BCUT2D eigenvalue weighted by Crippen LogP contribution is -2.41. The first-order valence-electron chi connectivity index (χ1n) is 10.4. The van der Waals surface area contributed by atoms with Gasteiger partial charge < -0.3 is 20.6 Å². The summed E-state index contributed by atoms with van der Waals surface area (Å²) in [6.45, 7) is -0.433. The second-order valence-electron chi connectivity index (χ2n) is 7.70. The van der Waals surface area contributed by atoms with E-state index in [4.69, 9.17) is 17.3 Å². The smallest absolute Gasteiger partial charge is 0.339 e. The molecule has 2 heterocycles. The number of aliphatic hydroxyl groups excluding tert-OH is 1. The number of amides is 2. The maximum Gasteiger partial charge on any atom is 0.339 e. The van der Waals surface area contributed by atoms with Gasteiger partial charge in [-0.1, -0.05) is 30.0 Å². The SMILES string of the molecule is O=C(O)c1ccc(NC(=O)[C@@H](O)CN2C(=O)/C(=C/c3cc(-c4ccc(F)c(F)c4)cs3)SC2=S)cc1O. The highest BCUT2D eigenvalue weighted by molar-refractivity contribution is 8.26. The van der Waals surface area contributed by atoms with Crippen molar-refractivity contribution in [2.75, 3.05) is 11.9 Å². The molecule has 13 heteroatoms. The van der Waals surface area contributed by atoms with Gasteiger partial charge in [-0.15, -0.1) is 11.3 Å². The summed E-state index contributed by atoms with van der Waals surface area (Å²) in [7, 11) is 0. The minimum Gasteiger partial charge on any atom is -0.507 e. The first kappa shape index (κ1) is 26.4. The summed E-state index contributed by atoms with van der Waals surface area (Å²) in [4.78, 5) is 38.2. The molecule has 8 nitrogen and oxygen atoms in total. The largest absolute Gasteiger partial charge is 0.507 e. The molecule has 1 saturated heterocycles. The van der Waals surface area contributed by atoms with Crippen molar-refractivity contribution in [2.24, 2.45) is 0 Å². The Morgan fingerprint density at radius 1 is 1.11 bits per heavy atom. The fourth-order valence-corrected chi connectivity index (χ4v) is 5.50. The summed E-state index contributed by atoms with van der Waals surface area (Å²) in [6.07, 6.45) is -0.100. The number of aromatic hydroxyl groups is 1. The number of hydrogen-bond donors (Lipinski definition) is 4. The Balaban J connectivity index is 1.42. The maximum absolute atomic E-state index is 13.5. The number of nitrogens with zero attached hydrogens (tertiary/aromatic N) is 1. The Kier molecular flexibility index (Phi) is 7.68. The van der Waals surface area contributed by atoms with Gasteiger partial charge >= 0.3 is 5.97 Å². The average molecular weight is 563 g/mol. The van der Waals surface area contributed by atoms with Gasteiger partial charge in [0, 0.05) is 16.6 Å². The van der Waals surface area contributed by atoms with Gasteiger partial charge in [-0.25, -0.2) is 13.6 Å². The van der Waals surface area contributed by atoms with E-state index in [0.29, 0.717) is 16.0 Å². The number of carboxylic acid groups (broad SMARTS) is 1. The predicted molar refractivity (Wildman–Crippen MR) is 139 cm³/mol. The topological polar surface area (TPSA) is 127 Å². The highest BCUT2D eigenvalue weighted by Crippen LogP contribution is 2.35. The number of carbonyl (C=O) groups is 3. The lowest BCUT2D eigenvalue weighted by molar-refractivity contribution is -0.127. The van der Waals surface area contributed by atoms with E-state index < -0.39 is 47.8 Å². The molecule has 0 spiro atoms. The van der Waals surface area contributed by atoms with Crippen LogP contribution >= 0.6 is 35.3 Å². The lowest BCUT2D eigenvalue weighted by atomic mass is 10.1. The molecule has 4 N–H and O–H groups in total. The van der Waals surface area contributed by atoms with E-state index in [2.05, 4.69) is 5.32 Å². The van der Waals surface area contributed by atoms with Crippen LogP contribution in [0.3, 0.4) is 0 Å². The first-order chi connectivity index (χ1) is 17.5. The van der Waals surface area contributed by atoms with Crippen molar-refractivity contribution in [1.29, 1.82) is 0 Å². The number of aromatic carboxylic acids is 1. The molecule has 3 aromatic rings. The van der Waals surface area contributed by atoms with Crippen molar-refractivity contribution in [1.82, 2.24) is 4.90 Å². The molecule has 0 radical (unpaired) electrons. The van der Waals surface area contributed by atoms with Crippen LogP contribution in [-0.4, -0.2) is 55.0 Å². The van der Waals surface area contributed by atoms with Crippen molar-refractivity contribution in [3.05, 3.63) is 74.8 Å². The molecule has 2 amide bonds. The Morgan fingerprint density at radius 2 is 1.86 bits per heavy atom. The summed E-state index contributed by atoms with van der Waals surface area (Å²) in [5.41, 5.74) is 0.805. The van der Waals surface area contributed by atoms with Gasteiger partial charge in [-0.05, 0) is 52.9 Å². The Hall–Kier alpha value is -3.65. The summed E-state index contributed by atoms with van der Waals surface area (Å²) in [5, 5.41) is 33.1. The molecule has 1 aliphatic heterocycles. The van der Waals surface area contributed by atoms with E-state index in [9.17, 15) is 33.4 Å². The minimum atomic E-state index is -1.68. The van der Waals surface area contributed by atoms with Crippen molar-refractivity contribution >= 4 is 69.2 Å². The zero-order valence-electron chi connectivity index (χ0n) is 18.5. The van der Waals surface area contributed by atoms with Gasteiger partial charge in [0.2, 0.25) is 0 Å². The van der Waals surface area contributed by atoms with Crippen molar-refractivity contribution < 1.29 is 38.5 Å². The number of nitrogens with one attached hydrogen (secondary N) is 1. The van der Waals surface area contributed by atoms with Crippen molar-refractivity contribution in [2.45, 2.75) is 6.10 Å². The maximum atomic E-state index is 13.5. The number of aliphatic hydroxyl groups is 1. The third-order valence-corrected chi connectivity index (χ3v) is 7.43. The van der Waals surface area contributed by atoms with Crippen LogP contribution in [0.2, 0.25) is 0 Å². The van der Waals surface area contributed by atoms with Crippen molar-refractivity contribution in [3.8, 4) is 16.9 Å². The Bertz CT molecular complexity index is 1470. The normalized spacial score (nSPS) is 15.3. The molecule has 1 aliphatic rings. The van der Waals surface area contributed by atoms with Gasteiger partial charge in [0.15, 0.2) is 17.7 Å². The summed E-state index contributed by atoms with van der Waals surface area (Å²) >= 11 is 7.50. The van der Waals surface area contributed by atoms with Crippen LogP contribution in [0, 0.1) is 11.6 Å². The van der Waals surface area contributed by atoms with Crippen LogP contribution in [0.5, 0.6) is 5.75 Å². The Morgan fingerprint density at radius 3 is 2.54 bits per heavy atom. The van der Waals surface area contributed by atoms with Gasteiger partial charge in [0.25, 0.3) is 11.8 Å². The van der Waals surface area contributed by atoms with Crippen LogP contribution in [-0.2, 0) is 9.59 Å². The Labute approximate surface area is 221 Å². The number of benzene rings is 2. The number of halogens is 2. The predicted octanol–water partition coefficient (Wildman–Crippen LogP) is 4.30. The molecule has 2 aromatic carbocycles. The standard InChI is InChI=1S/C24H16F2N2O6S3/c25-16-4-1-11(6-17(16)26)12-5-14(36-10-12)8-20-22(32)28(24(35)37-20)9-19(30)21(31)27-13-2-3-15(23(33)34)18(29)7-13/h1-8,10,19,29-30H,9H2,(H,27,31)(H,33,34)/b20-8-/t19-/m0/s1. The van der Waals surface area contributed by atoms with Gasteiger partial charge in [-0.2, -0.15) is 0 Å². The van der Waals surface area contributed by atoms with Crippen LogP contribution < -0.4 is 5.32 Å². The first-order valence-corrected chi connectivity index (χ1v) is 12.5. The number of β-amino-alcohol motifs (C(OH)–C–C–N with tert-alkyl or cyclic N) is 1. The minimum absolute atomic E-state index is 0.0476. The third kappa shape index (κ3) is 5.85. The van der Waals surface area contributed by atoms with Crippen LogP contribution in [0.4, 0.5) is 14.5 Å². The molecule has 0 saturated carbocycles.